The second kappa shape index (κ2) is 12.5. The van der Waals surface area contributed by atoms with E-state index in [-0.39, 0.29) is 29.5 Å². The van der Waals surface area contributed by atoms with Crippen LogP contribution in [0.5, 0.6) is 0 Å². The molecule has 6 atom stereocenters. The molecule has 4 rings (SSSR count). The molecule has 1 heterocycles. The first-order valence-electron chi connectivity index (χ1n) is 14.4. The van der Waals surface area contributed by atoms with Crippen LogP contribution in [-0.4, -0.2) is 30.6 Å². The van der Waals surface area contributed by atoms with Gasteiger partial charge in [0.1, 0.15) is 5.78 Å². The molecule has 1 aromatic carbocycles. The lowest BCUT2D eigenvalue weighted by Crippen LogP contribution is -2.32. The maximum absolute atomic E-state index is 13.1. The van der Waals surface area contributed by atoms with Gasteiger partial charge in [0.25, 0.3) is 0 Å². The highest BCUT2D eigenvalue weighted by Gasteiger charge is 2.52. The van der Waals surface area contributed by atoms with E-state index >= 15 is 0 Å². The van der Waals surface area contributed by atoms with Crippen molar-refractivity contribution in [1.82, 2.24) is 0 Å². The number of hydrogen-bond acceptors (Lipinski definition) is 4. The molecule has 4 heteroatoms. The van der Waals surface area contributed by atoms with Crippen molar-refractivity contribution >= 4 is 11.8 Å². The number of epoxide rings is 1. The normalized spacial score (nSPS) is 30.3. The summed E-state index contributed by atoms with van der Waals surface area (Å²) in [7, 11) is 0. The van der Waals surface area contributed by atoms with Crippen molar-refractivity contribution in [2.75, 3.05) is 6.61 Å². The third kappa shape index (κ3) is 7.41. The van der Waals surface area contributed by atoms with Crippen LogP contribution >= 0.6 is 0 Å². The summed E-state index contributed by atoms with van der Waals surface area (Å²) in [5.74, 6) is 2.42. The molecule has 4 nitrogen and oxygen atoms in total. The molecule has 3 aliphatic rings. The maximum Gasteiger partial charge on any atom is 0.306 e. The van der Waals surface area contributed by atoms with Gasteiger partial charge in [-0.2, -0.15) is 0 Å². The molecule has 0 N–H and O–H groups in total. The minimum Gasteiger partial charge on any atom is -0.466 e. The van der Waals surface area contributed by atoms with E-state index in [1.807, 2.05) is 25.1 Å². The topological polar surface area (TPSA) is 55.9 Å². The van der Waals surface area contributed by atoms with Crippen LogP contribution in [0.3, 0.4) is 0 Å². The summed E-state index contributed by atoms with van der Waals surface area (Å²) in [6.07, 6.45) is 15.5. The fraction of sp³-hybridized carbons (Fsp3) is 0.742. The number of hydrogen-bond donors (Lipinski definition) is 0. The molecule has 1 saturated heterocycles. The third-order valence-corrected chi connectivity index (χ3v) is 9.02. The first kappa shape index (κ1) is 26.4. The second-order valence-corrected chi connectivity index (χ2v) is 11.8. The number of carbonyl (C=O) groups is 2. The van der Waals surface area contributed by atoms with Gasteiger partial charge in [0.2, 0.25) is 0 Å². The fourth-order valence-electron chi connectivity index (χ4n) is 7.08. The Morgan fingerprint density at radius 3 is 2.43 bits per heavy atom. The average Bonchev–Trinajstić information content (AvgIpc) is 3.61. The zero-order valence-electron chi connectivity index (χ0n) is 22.0. The van der Waals surface area contributed by atoms with Gasteiger partial charge in [-0.1, -0.05) is 75.8 Å². The van der Waals surface area contributed by atoms with Crippen molar-refractivity contribution in [3.8, 4) is 0 Å². The van der Waals surface area contributed by atoms with Crippen molar-refractivity contribution < 1.29 is 19.1 Å². The van der Waals surface area contributed by atoms with Crippen LogP contribution in [0.1, 0.15) is 103 Å². The minimum atomic E-state index is -0.293. The Balaban J connectivity index is 1.25. The molecule has 2 aliphatic carbocycles. The van der Waals surface area contributed by atoms with Gasteiger partial charge in [-0.3, -0.25) is 9.59 Å². The van der Waals surface area contributed by atoms with Crippen molar-refractivity contribution in [2.24, 2.45) is 23.2 Å². The highest BCUT2D eigenvalue weighted by Crippen LogP contribution is 2.46. The lowest BCUT2D eigenvalue weighted by molar-refractivity contribution is -0.146. The number of rotatable bonds is 11. The number of benzene rings is 1. The van der Waals surface area contributed by atoms with E-state index in [4.69, 9.17) is 9.47 Å². The Hall–Kier alpha value is -1.68. The summed E-state index contributed by atoms with van der Waals surface area (Å²) in [6, 6.07) is 10.3. The third-order valence-electron chi connectivity index (χ3n) is 9.02. The predicted molar refractivity (Wildman–Crippen MR) is 139 cm³/mol. The van der Waals surface area contributed by atoms with E-state index in [9.17, 15) is 9.59 Å². The summed E-state index contributed by atoms with van der Waals surface area (Å²) >= 11 is 0. The number of carbonyl (C=O) groups excluding carboxylic acids is 2. The molecule has 194 valence electrons. The highest BCUT2D eigenvalue weighted by atomic mass is 16.6. The number of fused-ring (bicyclic) bond motifs is 1. The van der Waals surface area contributed by atoms with E-state index in [1.54, 1.807) is 0 Å². The van der Waals surface area contributed by atoms with Crippen LogP contribution in [0.4, 0.5) is 0 Å². The number of ketones is 1. The molecule has 35 heavy (non-hydrogen) atoms. The van der Waals surface area contributed by atoms with Gasteiger partial charge in [0, 0.05) is 17.8 Å². The molecule has 1 aliphatic heterocycles. The fourth-order valence-corrected chi connectivity index (χ4v) is 7.08. The van der Waals surface area contributed by atoms with Gasteiger partial charge in [-0.15, -0.1) is 0 Å². The zero-order valence-corrected chi connectivity index (χ0v) is 22.0. The first-order chi connectivity index (χ1) is 17.0. The largest absolute Gasteiger partial charge is 0.466 e. The maximum atomic E-state index is 13.1. The van der Waals surface area contributed by atoms with E-state index in [2.05, 4.69) is 19.1 Å². The number of Topliss-reactive ketones (excluding diaryl/α,β-unsaturated/α-hetero) is 1. The average molecular weight is 483 g/mol. The van der Waals surface area contributed by atoms with Crippen LogP contribution in [-0.2, 0) is 25.5 Å². The van der Waals surface area contributed by atoms with E-state index < -0.39 is 0 Å². The van der Waals surface area contributed by atoms with Gasteiger partial charge in [-0.25, -0.2) is 0 Å². The lowest BCUT2D eigenvalue weighted by Gasteiger charge is -2.35. The van der Waals surface area contributed by atoms with Crippen LogP contribution in [0, 0.1) is 23.2 Å². The van der Waals surface area contributed by atoms with Gasteiger partial charge < -0.3 is 9.47 Å². The second-order valence-electron chi connectivity index (χ2n) is 11.8. The van der Waals surface area contributed by atoms with Gasteiger partial charge in [-0.05, 0) is 62.8 Å². The van der Waals surface area contributed by atoms with Gasteiger partial charge >= 0.3 is 5.97 Å². The molecular weight excluding hydrogens is 436 g/mol. The van der Waals surface area contributed by atoms with Gasteiger partial charge in [0.05, 0.1) is 25.2 Å². The first-order valence-corrected chi connectivity index (χ1v) is 14.4. The molecule has 0 radical (unpaired) electrons. The Labute approximate surface area is 212 Å². The molecule has 1 aromatic rings. The van der Waals surface area contributed by atoms with E-state index in [0.29, 0.717) is 25.2 Å². The summed E-state index contributed by atoms with van der Waals surface area (Å²) in [6.45, 7) is 4.41. The summed E-state index contributed by atoms with van der Waals surface area (Å²) < 4.78 is 11.4. The Morgan fingerprint density at radius 1 is 0.971 bits per heavy atom. The van der Waals surface area contributed by atoms with Gasteiger partial charge in [0.15, 0.2) is 0 Å². The Kier molecular flexibility index (Phi) is 9.44. The number of esters is 1. The molecule has 0 bridgehead atoms. The smallest absolute Gasteiger partial charge is 0.306 e. The SMILES string of the molecule is CCOC(=O)CC(C)(Cc1ccccc1)C1OC1CCCC(=O)C1CCCC2CCCCC2CC1. The molecule has 0 amide bonds. The minimum absolute atomic E-state index is 0.0480. The van der Waals surface area contributed by atoms with Crippen LogP contribution in [0.15, 0.2) is 30.3 Å². The summed E-state index contributed by atoms with van der Waals surface area (Å²) in [5.41, 5.74) is 0.923. The Bertz CT molecular complexity index is 821. The van der Waals surface area contributed by atoms with Crippen LogP contribution < -0.4 is 0 Å². The van der Waals surface area contributed by atoms with Crippen LogP contribution in [0.2, 0.25) is 0 Å². The summed E-state index contributed by atoms with van der Waals surface area (Å²) in [5, 5.41) is 0. The highest BCUT2D eigenvalue weighted by molar-refractivity contribution is 5.80. The van der Waals surface area contributed by atoms with Crippen LogP contribution in [0.25, 0.3) is 0 Å². The van der Waals surface area contributed by atoms with Crippen molar-refractivity contribution in [3.63, 3.8) is 0 Å². The molecule has 6 unspecified atom stereocenters. The molecular formula is C31H46O4. The van der Waals surface area contributed by atoms with E-state index in [1.165, 1.54) is 50.5 Å². The number of ether oxygens (including phenoxy) is 2. The van der Waals surface area contributed by atoms with E-state index in [0.717, 1.165) is 43.9 Å². The Morgan fingerprint density at radius 2 is 1.69 bits per heavy atom. The molecule has 0 aromatic heterocycles. The summed E-state index contributed by atoms with van der Waals surface area (Å²) in [4.78, 5) is 25.4. The molecule has 2 saturated carbocycles. The zero-order chi connectivity index (χ0) is 24.7. The van der Waals surface area contributed by atoms with Crippen molar-refractivity contribution in [2.45, 2.75) is 116 Å². The molecule has 0 spiro atoms. The standard InChI is InChI=1S/C31H46O4/c1-3-34-29(33)22-31(2,21-23-11-5-4-6-12-23)30-28(35-30)18-10-17-27(32)26-16-9-15-24-13-7-8-14-25(24)19-20-26/h4-6,11-12,24-26,28,30H,3,7-10,13-22H2,1-2H3. The van der Waals surface area contributed by atoms with Crippen molar-refractivity contribution in [3.05, 3.63) is 35.9 Å². The predicted octanol–water partition coefficient (Wildman–Crippen LogP) is 7.08. The monoisotopic (exact) mass is 482 g/mol. The van der Waals surface area contributed by atoms with Crippen molar-refractivity contribution in [1.29, 1.82) is 0 Å². The molecule has 3 fully saturated rings. The lowest BCUT2D eigenvalue weighted by atomic mass is 9.71. The quantitative estimate of drug-likeness (QED) is 0.250.